The van der Waals surface area contributed by atoms with Crippen molar-refractivity contribution in [2.75, 3.05) is 20.3 Å². The lowest BCUT2D eigenvalue weighted by atomic mass is 10.0. The molecule has 4 heteroatoms. The molecule has 2 aliphatic rings. The van der Waals surface area contributed by atoms with Gasteiger partial charge in [-0.25, -0.2) is 0 Å². The summed E-state index contributed by atoms with van der Waals surface area (Å²) in [6.45, 7) is 5.69. The summed E-state index contributed by atoms with van der Waals surface area (Å²) >= 11 is 0. The molecule has 4 nitrogen and oxygen atoms in total. The van der Waals surface area contributed by atoms with Crippen molar-refractivity contribution < 1.29 is 18.9 Å². The van der Waals surface area contributed by atoms with Gasteiger partial charge in [0.15, 0.2) is 6.29 Å². The van der Waals surface area contributed by atoms with Crippen LogP contribution in [0.25, 0.3) is 0 Å². The van der Waals surface area contributed by atoms with Gasteiger partial charge in [0.1, 0.15) is 12.2 Å². The molecule has 2 saturated heterocycles. The number of fused-ring (bicyclic) bond motifs is 2. The highest BCUT2D eigenvalue weighted by atomic mass is 16.7. The fraction of sp³-hybridized carbons (Fsp3) is 1.00. The molecule has 2 rings (SSSR count). The average Bonchev–Trinajstić information content (AvgIpc) is 2.62. The van der Waals surface area contributed by atoms with E-state index in [9.17, 15) is 0 Å². The van der Waals surface area contributed by atoms with Crippen LogP contribution >= 0.6 is 0 Å². The van der Waals surface area contributed by atoms with Crippen molar-refractivity contribution in [2.45, 2.75) is 44.9 Å². The predicted octanol–water partition coefficient (Wildman–Crippen LogP) is 1.19. The van der Waals surface area contributed by atoms with Crippen LogP contribution in [0.4, 0.5) is 0 Å². The molecule has 0 unspecified atom stereocenters. The minimum atomic E-state index is -0.182. The van der Waals surface area contributed by atoms with E-state index in [0.29, 0.717) is 12.5 Å². The van der Waals surface area contributed by atoms with Crippen molar-refractivity contribution in [1.29, 1.82) is 0 Å². The zero-order valence-electron chi connectivity index (χ0n) is 9.64. The molecule has 0 N–H and O–H groups in total. The van der Waals surface area contributed by atoms with Gasteiger partial charge in [0.05, 0.1) is 12.7 Å². The summed E-state index contributed by atoms with van der Waals surface area (Å²) < 4.78 is 22.3. The molecule has 2 fully saturated rings. The molecule has 2 heterocycles. The van der Waals surface area contributed by atoms with Gasteiger partial charge in [-0.15, -0.1) is 0 Å². The van der Waals surface area contributed by atoms with Crippen LogP contribution in [0.5, 0.6) is 0 Å². The molecular weight excluding hydrogens is 196 g/mol. The molecular formula is C11H20O4. The summed E-state index contributed by atoms with van der Waals surface area (Å²) in [4.78, 5) is 0. The Hall–Kier alpha value is -0.160. The molecule has 0 aromatic rings. The first-order valence-electron chi connectivity index (χ1n) is 5.62. The monoisotopic (exact) mass is 216 g/mol. The number of hydrogen-bond donors (Lipinski definition) is 0. The topological polar surface area (TPSA) is 36.9 Å². The van der Waals surface area contributed by atoms with Crippen molar-refractivity contribution in [3.05, 3.63) is 0 Å². The summed E-state index contributed by atoms with van der Waals surface area (Å²) in [7, 11) is 1.69. The van der Waals surface area contributed by atoms with Crippen molar-refractivity contribution in [2.24, 2.45) is 5.92 Å². The van der Waals surface area contributed by atoms with Crippen LogP contribution in [0.3, 0.4) is 0 Å². The third-order valence-electron chi connectivity index (χ3n) is 2.86. The van der Waals surface area contributed by atoms with E-state index in [1.54, 1.807) is 7.11 Å². The third kappa shape index (κ3) is 2.50. The maximum atomic E-state index is 5.82. The highest BCUT2D eigenvalue weighted by Gasteiger charge is 2.44. The third-order valence-corrected chi connectivity index (χ3v) is 2.86. The van der Waals surface area contributed by atoms with Gasteiger partial charge in [-0.05, 0) is 5.92 Å². The zero-order chi connectivity index (χ0) is 10.8. The van der Waals surface area contributed by atoms with Crippen LogP contribution in [0.15, 0.2) is 0 Å². The lowest BCUT2D eigenvalue weighted by Gasteiger charge is -2.33. The van der Waals surface area contributed by atoms with E-state index < -0.39 is 0 Å². The van der Waals surface area contributed by atoms with Crippen LogP contribution in [-0.2, 0) is 18.9 Å². The molecule has 0 amide bonds. The van der Waals surface area contributed by atoms with Crippen molar-refractivity contribution in [1.82, 2.24) is 0 Å². The number of rotatable bonds is 4. The molecule has 0 aliphatic carbocycles. The van der Waals surface area contributed by atoms with Gasteiger partial charge >= 0.3 is 0 Å². The Bertz CT molecular complexity index is 207. The second kappa shape index (κ2) is 4.78. The smallest absolute Gasteiger partial charge is 0.184 e. The van der Waals surface area contributed by atoms with Crippen molar-refractivity contribution >= 4 is 0 Å². The number of methoxy groups -OCH3 is 1. The second-order valence-corrected chi connectivity index (χ2v) is 4.65. The Morgan fingerprint density at radius 2 is 2.13 bits per heavy atom. The summed E-state index contributed by atoms with van der Waals surface area (Å²) in [5.41, 5.74) is 0. The molecule has 0 spiro atoms. The first-order chi connectivity index (χ1) is 7.20. The Balaban J connectivity index is 1.88. The van der Waals surface area contributed by atoms with E-state index in [1.165, 1.54) is 0 Å². The molecule has 2 aliphatic heterocycles. The normalized spacial score (nSPS) is 40.0. The van der Waals surface area contributed by atoms with Crippen molar-refractivity contribution in [3.63, 3.8) is 0 Å². The van der Waals surface area contributed by atoms with Gasteiger partial charge in [0.25, 0.3) is 0 Å². The number of hydrogen-bond acceptors (Lipinski definition) is 4. The predicted molar refractivity (Wildman–Crippen MR) is 54.6 cm³/mol. The molecule has 0 aromatic carbocycles. The minimum absolute atomic E-state index is 0.0147. The molecule has 15 heavy (non-hydrogen) atoms. The lowest BCUT2D eigenvalue weighted by Crippen LogP contribution is -2.44. The van der Waals surface area contributed by atoms with Gasteiger partial charge in [-0.3, -0.25) is 0 Å². The molecule has 0 aromatic heterocycles. The largest absolute Gasteiger partial charge is 0.376 e. The van der Waals surface area contributed by atoms with Gasteiger partial charge in [0, 0.05) is 20.1 Å². The van der Waals surface area contributed by atoms with Crippen LogP contribution in [0.1, 0.15) is 20.3 Å². The quantitative estimate of drug-likeness (QED) is 0.707. The molecule has 0 saturated carbocycles. The van der Waals surface area contributed by atoms with Gasteiger partial charge in [-0.1, -0.05) is 13.8 Å². The first-order valence-corrected chi connectivity index (χ1v) is 5.62. The maximum absolute atomic E-state index is 5.82. The highest BCUT2D eigenvalue weighted by molar-refractivity contribution is 4.87. The van der Waals surface area contributed by atoms with Crippen LogP contribution in [-0.4, -0.2) is 44.9 Å². The zero-order valence-corrected chi connectivity index (χ0v) is 9.64. The molecule has 2 bridgehead atoms. The molecule has 0 radical (unpaired) electrons. The van der Waals surface area contributed by atoms with Gasteiger partial charge in [-0.2, -0.15) is 0 Å². The molecule has 88 valence electrons. The fourth-order valence-corrected chi connectivity index (χ4v) is 2.02. The summed E-state index contributed by atoms with van der Waals surface area (Å²) in [5.74, 6) is 0.547. The van der Waals surface area contributed by atoms with Gasteiger partial charge in [0.2, 0.25) is 0 Å². The van der Waals surface area contributed by atoms with Crippen molar-refractivity contribution in [3.8, 4) is 0 Å². The van der Waals surface area contributed by atoms with Crippen LogP contribution < -0.4 is 0 Å². The van der Waals surface area contributed by atoms with E-state index in [4.69, 9.17) is 18.9 Å². The average molecular weight is 216 g/mol. The number of ether oxygens (including phenoxy) is 4. The highest BCUT2D eigenvalue weighted by Crippen LogP contribution is 2.31. The van der Waals surface area contributed by atoms with Gasteiger partial charge < -0.3 is 18.9 Å². The Kier molecular flexibility index (Phi) is 3.61. The van der Waals surface area contributed by atoms with Crippen LogP contribution in [0.2, 0.25) is 0 Å². The molecule has 4 atom stereocenters. The van der Waals surface area contributed by atoms with E-state index >= 15 is 0 Å². The standard InChI is InChI=1S/C11H20O4/c1-7(2)5-13-8-4-9(12-3)11-14-6-10(8)15-11/h7-11H,4-6H2,1-3H3/t8-,9+,10+,11+/m0/s1. The Morgan fingerprint density at radius 1 is 1.33 bits per heavy atom. The van der Waals surface area contributed by atoms with Crippen LogP contribution in [0, 0.1) is 5.92 Å². The Labute approximate surface area is 90.8 Å². The SMILES string of the molecule is CO[C@@H]1C[C@H](OCC(C)C)[C@H]2CO[C@@H]1O2. The lowest BCUT2D eigenvalue weighted by molar-refractivity contribution is -0.200. The summed E-state index contributed by atoms with van der Waals surface area (Å²) in [6, 6.07) is 0. The minimum Gasteiger partial charge on any atom is -0.376 e. The van der Waals surface area contributed by atoms with E-state index in [-0.39, 0.29) is 24.6 Å². The fourth-order valence-electron chi connectivity index (χ4n) is 2.02. The second-order valence-electron chi connectivity index (χ2n) is 4.65. The Morgan fingerprint density at radius 3 is 2.80 bits per heavy atom. The van der Waals surface area contributed by atoms with E-state index in [0.717, 1.165) is 13.0 Å². The van der Waals surface area contributed by atoms with E-state index in [2.05, 4.69) is 13.8 Å². The summed E-state index contributed by atoms with van der Waals surface area (Å²) in [6.07, 6.45) is 0.925. The maximum Gasteiger partial charge on any atom is 0.184 e. The first kappa shape index (κ1) is 11.3. The summed E-state index contributed by atoms with van der Waals surface area (Å²) in [5, 5.41) is 0. The van der Waals surface area contributed by atoms with E-state index in [1.807, 2.05) is 0 Å².